The van der Waals surface area contributed by atoms with Gasteiger partial charge < -0.3 is 9.80 Å². The van der Waals surface area contributed by atoms with Crippen molar-refractivity contribution in [1.29, 1.82) is 0 Å². The molecule has 8 aromatic rings. The SMILES string of the molecule is CC1(C)c2ccccc2-c2ccc(N(c3ccc(C4(c5ccc(N(c6ccccc6)c6ccccc6)cc5)CC5CCC4C5)cc3)c3cccc(-c4ccccc4)c3)cc21. The minimum Gasteiger partial charge on any atom is -0.311 e. The Morgan fingerprint density at radius 3 is 1.48 bits per heavy atom. The third-order valence-corrected chi connectivity index (χ3v) is 14.2. The summed E-state index contributed by atoms with van der Waals surface area (Å²) in [6.45, 7) is 4.75. The van der Waals surface area contributed by atoms with E-state index in [1.165, 1.54) is 87.3 Å². The predicted molar refractivity (Wildman–Crippen MR) is 251 cm³/mol. The van der Waals surface area contributed by atoms with Crippen LogP contribution in [0.15, 0.2) is 206 Å². The Bertz CT molecular complexity index is 2750. The molecule has 3 aliphatic carbocycles. The third kappa shape index (κ3) is 6.00. The van der Waals surface area contributed by atoms with E-state index in [0.717, 1.165) is 23.0 Å². The van der Waals surface area contributed by atoms with Crippen LogP contribution in [0.5, 0.6) is 0 Å². The minimum absolute atomic E-state index is 0.00821. The molecule has 2 saturated carbocycles. The van der Waals surface area contributed by atoms with Gasteiger partial charge in [-0.2, -0.15) is 0 Å². The Labute approximate surface area is 355 Å². The molecular formula is C58H50N2. The summed E-state index contributed by atoms with van der Waals surface area (Å²) in [4.78, 5) is 4.84. The summed E-state index contributed by atoms with van der Waals surface area (Å²) in [5.74, 6) is 1.41. The van der Waals surface area contributed by atoms with E-state index in [9.17, 15) is 0 Å². The van der Waals surface area contributed by atoms with Crippen LogP contribution in [0.3, 0.4) is 0 Å². The zero-order valence-electron chi connectivity index (χ0n) is 34.5. The number of hydrogen-bond acceptors (Lipinski definition) is 2. The Hall–Kier alpha value is -6.64. The van der Waals surface area contributed by atoms with E-state index in [4.69, 9.17) is 0 Å². The minimum atomic E-state index is -0.0910. The molecule has 0 heterocycles. The molecule has 2 bridgehead atoms. The van der Waals surface area contributed by atoms with Gasteiger partial charge in [-0.25, -0.2) is 0 Å². The number of para-hydroxylation sites is 2. The normalized spacial score (nSPS) is 19.4. The lowest BCUT2D eigenvalue weighted by Crippen LogP contribution is -2.34. The quantitative estimate of drug-likeness (QED) is 0.144. The van der Waals surface area contributed by atoms with Crippen molar-refractivity contribution < 1.29 is 0 Å². The molecule has 8 aromatic carbocycles. The molecule has 2 fully saturated rings. The van der Waals surface area contributed by atoms with Crippen LogP contribution in [0.4, 0.5) is 34.1 Å². The van der Waals surface area contributed by atoms with Crippen LogP contribution < -0.4 is 9.80 Å². The Balaban J connectivity index is 1.00. The highest BCUT2D eigenvalue weighted by Gasteiger charge is 2.52. The number of anilines is 6. The standard InChI is InChI=1S/C58H50N2/c1-57(2)55-24-13-12-23-53(55)54-36-35-52(39-56(54)57)60(51-22-14-17-43(38-51)42-15-6-3-7-16-42)50-33-29-45(30-34-50)58(40-41-25-26-46(58)37-41)44-27-31-49(32-28-44)59(47-18-8-4-9-19-47)48-20-10-5-11-21-48/h3-24,27-36,38-39,41,46H,25-26,37,40H2,1-2H3. The summed E-state index contributed by atoms with van der Waals surface area (Å²) in [6, 6.07) is 76.6. The first-order valence-corrected chi connectivity index (χ1v) is 21.8. The molecule has 0 amide bonds. The summed E-state index contributed by atoms with van der Waals surface area (Å²) in [7, 11) is 0. The van der Waals surface area contributed by atoms with Gasteiger partial charge in [-0.1, -0.05) is 154 Å². The molecule has 0 saturated heterocycles. The zero-order chi connectivity index (χ0) is 40.3. The van der Waals surface area contributed by atoms with Gasteiger partial charge >= 0.3 is 0 Å². The number of rotatable bonds is 9. The number of benzene rings is 8. The highest BCUT2D eigenvalue weighted by atomic mass is 15.1. The van der Waals surface area contributed by atoms with E-state index in [1.807, 2.05) is 0 Å². The largest absolute Gasteiger partial charge is 0.311 e. The van der Waals surface area contributed by atoms with Crippen molar-refractivity contribution in [3.8, 4) is 22.3 Å². The van der Waals surface area contributed by atoms with Crippen molar-refractivity contribution in [2.24, 2.45) is 11.8 Å². The molecule has 0 aliphatic heterocycles. The Morgan fingerprint density at radius 2 is 0.883 bits per heavy atom. The van der Waals surface area contributed by atoms with Gasteiger partial charge in [0.15, 0.2) is 0 Å². The molecule has 0 radical (unpaired) electrons. The lowest BCUT2D eigenvalue weighted by atomic mass is 9.64. The first-order valence-electron chi connectivity index (χ1n) is 21.8. The Kier molecular flexibility index (Phi) is 8.85. The molecule has 3 aliphatic rings. The van der Waals surface area contributed by atoms with E-state index in [2.05, 4.69) is 230 Å². The molecular weight excluding hydrogens is 725 g/mol. The molecule has 2 nitrogen and oxygen atoms in total. The maximum Gasteiger partial charge on any atom is 0.0467 e. The summed E-state index contributed by atoms with van der Waals surface area (Å²) in [5.41, 5.74) is 17.7. The third-order valence-electron chi connectivity index (χ3n) is 14.2. The number of fused-ring (bicyclic) bond motifs is 5. The van der Waals surface area contributed by atoms with Crippen LogP contribution in [-0.4, -0.2) is 0 Å². The van der Waals surface area contributed by atoms with E-state index in [1.54, 1.807) is 0 Å². The number of nitrogens with zero attached hydrogens (tertiary/aromatic N) is 2. The average Bonchev–Trinajstić information content (AvgIpc) is 4.00. The van der Waals surface area contributed by atoms with Crippen molar-refractivity contribution >= 4 is 34.1 Å². The fourth-order valence-corrected chi connectivity index (χ4v) is 11.4. The van der Waals surface area contributed by atoms with Gasteiger partial charge in [0, 0.05) is 45.0 Å². The fourth-order valence-electron chi connectivity index (χ4n) is 11.4. The maximum atomic E-state index is 2.47. The summed E-state index contributed by atoms with van der Waals surface area (Å²) in [6.07, 6.45) is 5.17. The lowest BCUT2D eigenvalue weighted by molar-refractivity contribution is 0.320. The van der Waals surface area contributed by atoms with Crippen LogP contribution in [0.25, 0.3) is 22.3 Å². The second-order valence-electron chi connectivity index (χ2n) is 17.8. The average molecular weight is 775 g/mol. The molecule has 60 heavy (non-hydrogen) atoms. The summed E-state index contributed by atoms with van der Waals surface area (Å²) < 4.78 is 0. The summed E-state index contributed by atoms with van der Waals surface area (Å²) >= 11 is 0. The molecule has 0 spiro atoms. The first-order chi connectivity index (χ1) is 29.5. The van der Waals surface area contributed by atoms with Crippen LogP contribution >= 0.6 is 0 Å². The van der Waals surface area contributed by atoms with Gasteiger partial charge in [0.25, 0.3) is 0 Å². The summed E-state index contributed by atoms with van der Waals surface area (Å²) in [5, 5.41) is 0. The van der Waals surface area contributed by atoms with Crippen molar-refractivity contribution in [3.63, 3.8) is 0 Å². The van der Waals surface area contributed by atoms with Crippen molar-refractivity contribution in [2.75, 3.05) is 9.80 Å². The molecule has 0 N–H and O–H groups in total. The van der Waals surface area contributed by atoms with E-state index < -0.39 is 0 Å². The van der Waals surface area contributed by atoms with Gasteiger partial charge in [0.2, 0.25) is 0 Å². The van der Waals surface area contributed by atoms with E-state index >= 15 is 0 Å². The van der Waals surface area contributed by atoms with E-state index in [0.29, 0.717) is 5.92 Å². The molecule has 292 valence electrons. The lowest BCUT2D eigenvalue weighted by Gasteiger charge is -2.40. The van der Waals surface area contributed by atoms with Gasteiger partial charge in [0.05, 0.1) is 0 Å². The molecule has 2 heteroatoms. The molecule has 3 atom stereocenters. The topological polar surface area (TPSA) is 6.48 Å². The highest BCUT2D eigenvalue weighted by Crippen LogP contribution is 2.60. The van der Waals surface area contributed by atoms with Crippen LogP contribution in [0, 0.1) is 11.8 Å². The second-order valence-corrected chi connectivity index (χ2v) is 17.8. The van der Waals surface area contributed by atoms with Crippen LogP contribution in [-0.2, 0) is 10.8 Å². The highest BCUT2D eigenvalue weighted by molar-refractivity contribution is 5.86. The van der Waals surface area contributed by atoms with E-state index in [-0.39, 0.29) is 10.8 Å². The molecule has 3 unspecified atom stereocenters. The molecule has 11 rings (SSSR count). The van der Waals surface area contributed by atoms with Gasteiger partial charge in [-0.05, 0) is 148 Å². The maximum absolute atomic E-state index is 2.47. The van der Waals surface area contributed by atoms with Gasteiger partial charge in [-0.3, -0.25) is 0 Å². The zero-order valence-corrected chi connectivity index (χ0v) is 34.5. The Morgan fingerprint density at radius 1 is 0.400 bits per heavy atom. The second kappa shape index (κ2) is 14.6. The first kappa shape index (κ1) is 36.4. The fraction of sp³-hybridized carbons (Fsp3) is 0.172. The van der Waals surface area contributed by atoms with Gasteiger partial charge in [-0.15, -0.1) is 0 Å². The number of hydrogen-bond donors (Lipinski definition) is 0. The van der Waals surface area contributed by atoms with Crippen LogP contribution in [0.1, 0.15) is 61.8 Å². The smallest absolute Gasteiger partial charge is 0.0467 e. The molecule has 0 aromatic heterocycles. The van der Waals surface area contributed by atoms with Crippen LogP contribution in [0.2, 0.25) is 0 Å². The predicted octanol–water partition coefficient (Wildman–Crippen LogP) is 15.7. The monoisotopic (exact) mass is 774 g/mol. The van der Waals surface area contributed by atoms with Crippen molar-refractivity contribution in [2.45, 2.75) is 50.4 Å². The van der Waals surface area contributed by atoms with Crippen molar-refractivity contribution in [3.05, 3.63) is 229 Å². The van der Waals surface area contributed by atoms with Gasteiger partial charge in [0.1, 0.15) is 0 Å². The van der Waals surface area contributed by atoms with Crippen molar-refractivity contribution in [1.82, 2.24) is 0 Å².